The number of amides is 1. The SMILES string of the molecule is NCc1ccccc1C(=O)NCCc1nccs1. The van der Waals surface area contributed by atoms with Crippen LogP contribution in [0.1, 0.15) is 20.9 Å². The van der Waals surface area contributed by atoms with E-state index in [0.29, 0.717) is 18.7 Å². The maximum absolute atomic E-state index is 12.0. The minimum Gasteiger partial charge on any atom is -0.352 e. The number of nitrogens with zero attached hydrogens (tertiary/aromatic N) is 1. The fourth-order valence-electron chi connectivity index (χ4n) is 1.67. The lowest BCUT2D eigenvalue weighted by Crippen LogP contribution is -2.27. The Kier molecular flexibility index (Phi) is 4.44. The third-order valence-electron chi connectivity index (χ3n) is 2.59. The quantitative estimate of drug-likeness (QED) is 0.858. The molecule has 0 atom stereocenters. The summed E-state index contributed by atoms with van der Waals surface area (Å²) < 4.78 is 0. The summed E-state index contributed by atoms with van der Waals surface area (Å²) in [6, 6.07) is 7.39. The maximum atomic E-state index is 12.0. The highest BCUT2D eigenvalue weighted by atomic mass is 32.1. The van der Waals surface area contributed by atoms with Crippen LogP contribution in [0, 0.1) is 0 Å². The Morgan fingerprint density at radius 1 is 1.39 bits per heavy atom. The van der Waals surface area contributed by atoms with Crippen LogP contribution < -0.4 is 11.1 Å². The topological polar surface area (TPSA) is 68.0 Å². The monoisotopic (exact) mass is 261 g/mol. The fourth-order valence-corrected chi connectivity index (χ4v) is 2.29. The molecule has 0 spiro atoms. The van der Waals surface area contributed by atoms with E-state index in [9.17, 15) is 4.79 Å². The van der Waals surface area contributed by atoms with Crippen LogP contribution >= 0.6 is 11.3 Å². The number of carbonyl (C=O) groups excluding carboxylic acids is 1. The molecule has 0 aliphatic carbocycles. The number of hydrogen-bond acceptors (Lipinski definition) is 4. The van der Waals surface area contributed by atoms with Gasteiger partial charge in [-0.2, -0.15) is 0 Å². The van der Waals surface area contributed by atoms with Gasteiger partial charge in [-0.05, 0) is 11.6 Å². The predicted octanol–water partition coefficient (Wildman–Crippen LogP) is 1.57. The Bertz CT molecular complexity index is 511. The summed E-state index contributed by atoms with van der Waals surface area (Å²) in [5.41, 5.74) is 7.12. The van der Waals surface area contributed by atoms with Gasteiger partial charge in [-0.25, -0.2) is 4.98 Å². The largest absolute Gasteiger partial charge is 0.352 e. The molecule has 0 bridgehead atoms. The summed E-state index contributed by atoms with van der Waals surface area (Å²) in [4.78, 5) is 16.1. The first kappa shape index (κ1) is 12.7. The van der Waals surface area contributed by atoms with Gasteiger partial charge in [0, 0.05) is 36.7 Å². The summed E-state index contributed by atoms with van der Waals surface area (Å²) in [6.07, 6.45) is 2.53. The molecular weight excluding hydrogens is 246 g/mol. The number of nitrogens with one attached hydrogen (secondary N) is 1. The molecule has 0 saturated carbocycles. The zero-order valence-electron chi connectivity index (χ0n) is 9.93. The van der Waals surface area contributed by atoms with Crippen molar-refractivity contribution in [3.05, 3.63) is 52.0 Å². The predicted molar refractivity (Wildman–Crippen MR) is 72.5 cm³/mol. The number of aromatic nitrogens is 1. The van der Waals surface area contributed by atoms with E-state index >= 15 is 0 Å². The van der Waals surface area contributed by atoms with Crippen LogP contribution in [0.4, 0.5) is 0 Å². The average Bonchev–Trinajstić information content (AvgIpc) is 2.91. The highest BCUT2D eigenvalue weighted by molar-refractivity contribution is 7.09. The van der Waals surface area contributed by atoms with Crippen LogP contribution in [-0.4, -0.2) is 17.4 Å². The summed E-state index contributed by atoms with van der Waals surface area (Å²) in [7, 11) is 0. The summed E-state index contributed by atoms with van der Waals surface area (Å²) >= 11 is 1.60. The molecule has 2 aromatic rings. The first-order valence-electron chi connectivity index (χ1n) is 5.76. The molecule has 0 unspecified atom stereocenters. The number of nitrogens with two attached hydrogens (primary N) is 1. The molecule has 2 rings (SSSR count). The minimum absolute atomic E-state index is 0.0763. The normalized spacial score (nSPS) is 10.3. The second-order valence-electron chi connectivity index (χ2n) is 3.79. The molecule has 5 heteroatoms. The van der Waals surface area contributed by atoms with Crippen molar-refractivity contribution in [2.24, 2.45) is 5.73 Å². The van der Waals surface area contributed by atoms with Crippen molar-refractivity contribution in [1.29, 1.82) is 0 Å². The lowest BCUT2D eigenvalue weighted by atomic mass is 10.1. The van der Waals surface area contributed by atoms with E-state index in [-0.39, 0.29) is 5.91 Å². The zero-order chi connectivity index (χ0) is 12.8. The van der Waals surface area contributed by atoms with Gasteiger partial charge in [0.15, 0.2) is 0 Å². The van der Waals surface area contributed by atoms with Crippen molar-refractivity contribution in [2.75, 3.05) is 6.54 Å². The van der Waals surface area contributed by atoms with E-state index in [1.54, 1.807) is 23.6 Å². The maximum Gasteiger partial charge on any atom is 0.251 e. The van der Waals surface area contributed by atoms with Crippen molar-refractivity contribution in [3.8, 4) is 0 Å². The van der Waals surface area contributed by atoms with Crippen LogP contribution in [0.5, 0.6) is 0 Å². The van der Waals surface area contributed by atoms with E-state index < -0.39 is 0 Å². The van der Waals surface area contributed by atoms with E-state index in [1.165, 1.54) is 0 Å². The van der Waals surface area contributed by atoms with Gasteiger partial charge in [0.05, 0.1) is 5.01 Å². The molecule has 0 aliphatic rings. The zero-order valence-corrected chi connectivity index (χ0v) is 10.7. The molecule has 18 heavy (non-hydrogen) atoms. The van der Waals surface area contributed by atoms with Gasteiger partial charge >= 0.3 is 0 Å². The molecule has 1 heterocycles. The lowest BCUT2D eigenvalue weighted by molar-refractivity contribution is 0.0953. The Hall–Kier alpha value is -1.72. The minimum atomic E-state index is -0.0763. The van der Waals surface area contributed by atoms with Crippen molar-refractivity contribution in [3.63, 3.8) is 0 Å². The number of carbonyl (C=O) groups is 1. The first-order chi connectivity index (χ1) is 8.81. The molecule has 0 saturated heterocycles. The van der Waals surface area contributed by atoms with Gasteiger partial charge < -0.3 is 11.1 Å². The fraction of sp³-hybridized carbons (Fsp3) is 0.231. The second-order valence-corrected chi connectivity index (χ2v) is 4.77. The Balaban J connectivity index is 1.91. The summed E-state index contributed by atoms with van der Waals surface area (Å²) in [6.45, 7) is 0.960. The van der Waals surface area contributed by atoms with E-state index in [0.717, 1.165) is 17.0 Å². The molecule has 0 fully saturated rings. The first-order valence-corrected chi connectivity index (χ1v) is 6.64. The van der Waals surface area contributed by atoms with Crippen LogP contribution in [0.3, 0.4) is 0 Å². The average molecular weight is 261 g/mol. The van der Waals surface area contributed by atoms with Gasteiger partial charge in [-0.3, -0.25) is 4.79 Å². The van der Waals surface area contributed by atoms with Gasteiger partial charge in [0.2, 0.25) is 0 Å². The standard InChI is InChI=1S/C13H15N3OS/c14-9-10-3-1-2-4-11(10)13(17)16-6-5-12-15-7-8-18-12/h1-4,7-8H,5-6,9,14H2,(H,16,17). The Labute approximate surface area is 110 Å². The van der Waals surface area contributed by atoms with Crippen molar-refractivity contribution >= 4 is 17.2 Å². The van der Waals surface area contributed by atoms with Crippen molar-refractivity contribution in [1.82, 2.24) is 10.3 Å². The number of thiazole rings is 1. The van der Waals surface area contributed by atoms with Crippen LogP contribution in [0.25, 0.3) is 0 Å². The lowest BCUT2D eigenvalue weighted by Gasteiger charge is -2.07. The third-order valence-corrected chi connectivity index (χ3v) is 3.43. The number of rotatable bonds is 5. The highest BCUT2D eigenvalue weighted by Gasteiger charge is 2.09. The summed E-state index contributed by atoms with van der Waals surface area (Å²) in [5, 5.41) is 5.85. The number of benzene rings is 1. The van der Waals surface area contributed by atoms with Gasteiger partial charge in [0.1, 0.15) is 0 Å². The molecule has 1 aromatic heterocycles. The van der Waals surface area contributed by atoms with Gasteiger partial charge in [-0.15, -0.1) is 11.3 Å². The Morgan fingerprint density at radius 3 is 2.94 bits per heavy atom. The molecule has 3 N–H and O–H groups in total. The van der Waals surface area contributed by atoms with Crippen molar-refractivity contribution < 1.29 is 4.79 Å². The molecule has 4 nitrogen and oxygen atoms in total. The van der Waals surface area contributed by atoms with E-state index in [1.807, 2.05) is 23.6 Å². The van der Waals surface area contributed by atoms with Crippen LogP contribution in [0.2, 0.25) is 0 Å². The van der Waals surface area contributed by atoms with Gasteiger partial charge in [0.25, 0.3) is 5.91 Å². The smallest absolute Gasteiger partial charge is 0.251 e. The van der Waals surface area contributed by atoms with Gasteiger partial charge in [-0.1, -0.05) is 18.2 Å². The molecule has 0 radical (unpaired) electrons. The van der Waals surface area contributed by atoms with E-state index in [2.05, 4.69) is 10.3 Å². The molecule has 1 aromatic carbocycles. The van der Waals surface area contributed by atoms with Crippen molar-refractivity contribution in [2.45, 2.75) is 13.0 Å². The molecule has 0 aliphatic heterocycles. The third kappa shape index (κ3) is 3.15. The number of hydrogen-bond donors (Lipinski definition) is 2. The Morgan fingerprint density at radius 2 is 2.22 bits per heavy atom. The van der Waals surface area contributed by atoms with Crippen LogP contribution in [0.15, 0.2) is 35.8 Å². The molecule has 1 amide bonds. The summed E-state index contributed by atoms with van der Waals surface area (Å²) in [5.74, 6) is -0.0763. The van der Waals surface area contributed by atoms with Crippen LogP contribution in [-0.2, 0) is 13.0 Å². The van der Waals surface area contributed by atoms with E-state index in [4.69, 9.17) is 5.73 Å². The highest BCUT2D eigenvalue weighted by Crippen LogP contribution is 2.08. The molecule has 94 valence electrons. The molecular formula is C13H15N3OS. The second kappa shape index (κ2) is 6.28.